The van der Waals surface area contributed by atoms with E-state index in [0.29, 0.717) is 28.6 Å². The number of anilines is 1. The quantitative estimate of drug-likeness (QED) is 0.391. The minimum absolute atomic E-state index is 0.0141. The highest BCUT2D eigenvalue weighted by atomic mass is 35.5. The molecule has 3 rings (SSSR count). The van der Waals surface area contributed by atoms with Crippen LogP contribution >= 0.6 is 11.6 Å². The van der Waals surface area contributed by atoms with Crippen LogP contribution in [0.4, 0.5) is 5.69 Å². The van der Waals surface area contributed by atoms with Crippen molar-refractivity contribution in [2.45, 2.75) is 20.5 Å². The Balaban J connectivity index is 1.72. The molecule has 3 aromatic rings. The van der Waals surface area contributed by atoms with E-state index in [1.807, 2.05) is 80.6 Å². The van der Waals surface area contributed by atoms with E-state index >= 15 is 0 Å². The molecular formula is C25H21ClN2O2. The second-order valence-electron chi connectivity index (χ2n) is 6.91. The van der Waals surface area contributed by atoms with Gasteiger partial charge >= 0.3 is 0 Å². The number of nitrogens with one attached hydrogen (secondary N) is 1. The molecule has 0 aliphatic carbocycles. The first-order valence-electron chi connectivity index (χ1n) is 9.42. The molecule has 0 saturated carbocycles. The van der Waals surface area contributed by atoms with Crippen molar-refractivity contribution in [3.63, 3.8) is 0 Å². The van der Waals surface area contributed by atoms with Crippen molar-refractivity contribution in [3.8, 4) is 11.8 Å². The molecule has 0 fully saturated rings. The van der Waals surface area contributed by atoms with Crippen LogP contribution in [0.1, 0.15) is 22.3 Å². The van der Waals surface area contributed by atoms with Gasteiger partial charge in [-0.3, -0.25) is 4.79 Å². The molecule has 0 aliphatic rings. The van der Waals surface area contributed by atoms with Crippen LogP contribution in [-0.4, -0.2) is 5.91 Å². The third-order valence-corrected chi connectivity index (χ3v) is 4.83. The van der Waals surface area contributed by atoms with Crippen LogP contribution in [0.5, 0.6) is 5.75 Å². The SMILES string of the molecule is Cc1ccc(NC(=O)/C(C#N)=C\c2cccc(OCc3cccc(Cl)c3)c2)cc1C. The van der Waals surface area contributed by atoms with Gasteiger partial charge in [0, 0.05) is 10.7 Å². The monoisotopic (exact) mass is 416 g/mol. The Morgan fingerprint density at radius 1 is 1.07 bits per heavy atom. The summed E-state index contributed by atoms with van der Waals surface area (Å²) < 4.78 is 5.81. The number of nitriles is 1. The molecule has 0 atom stereocenters. The lowest BCUT2D eigenvalue weighted by molar-refractivity contribution is -0.112. The molecular weight excluding hydrogens is 396 g/mol. The third-order valence-electron chi connectivity index (χ3n) is 4.59. The second kappa shape index (κ2) is 9.78. The van der Waals surface area contributed by atoms with E-state index in [-0.39, 0.29) is 5.57 Å². The average molecular weight is 417 g/mol. The number of carbonyl (C=O) groups is 1. The molecule has 30 heavy (non-hydrogen) atoms. The molecule has 1 N–H and O–H groups in total. The van der Waals surface area contributed by atoms with E-state index in [0.717, 1.165) is 16.7 Å². The molecule has 3 aromatic carbocycles. The molecule has 0 radical (unpaired) electrons. The molecule has 1 amide bonds. The first-order valence-corrected chi connectivity index (χ1v) is 9.80. The van der Waals surface area contributed by atoms with Gasteiger partial charge in [0.2, 0.25) is 0 Å². The van der Waals surface area contributed by atoms with Crippen LogP contribution < -0.4 is 10.1 Å². The van der Waals surface area contributed by atoms with E-state index in [1.165, 1.54) is 0 Å². The highest BCUT2D eigenvalue weighted by Gasteiger charge is 2.10. The van der Waals surface area contributed by atoms with Gasteiger partial charge in [0.1, 0.15) is 24.0 Å². The number of hydrogen-bond donors (Lipinski definition) is 1. The zero-order chi connectivity index (χ0) is 21.5. The predicted molar refractivity (Wildman–Crippen MR) is 120 cm³/mol. The fourth-order valence-electron chi connectivity index (χ4n) is 2.82. The van der Waals surface area contributed by atoms with E-state index in [2.05, 4.69) is 5.32 Å². The van der Waals surface area contributed by atoms with Crippen molar-refractivity contribution < 1.29 is 9.53 Å². The van der Waals surface area contributed by atoms with Crippen molar-refractivity contribution in [3.05, 3.63) is 99.6 Å². The molecule has 4 nitrogen and oxygen atoms in total. The standard InChI is InChI=1S/C25H21ClN2O2/c1-17-9-10-23(11-18(17)2)28-25(29)21(15-27)12-19-5-4-8-24(14-19)30-16-20-6-3-7-22(26)13-20/h3-14H,16H2,1-2H3,(H,28,29)/b21-12-. The summed E-state index contributed by atoms with van der Waals surface area (Å²) in [7, 11) is 0. The van der Waals surface area contributed by atoms with Crippen LogP contribution in [0.3, 0.4) is 0 Å². The predicted octanol–water partition coefficient (Wildman–Crippen LogP) is 6.08. The Morgan fingerprint density at radius 3 is 2.60 bits per heavy atom. The van der Waals surface area contributed by atoms with Crippen LogP contribution in [-0.2, 0) is 11.4 Å². The smallest absolute Gasteiger partial charge is 0.266 e. The Kier molecular flexibility index (Phi) is 6.90. The van der Waals surface area contributed by atoms with Gasteiger partial charge < -0.3 is 10.1 Å². The number of halogens is 1. The first-order chi connectivity index (χ1) is 14.4. The molecule has 0 saturated heterocycles. The van der Waals surface area contributed by atoms with Gasteiger partial charge in [-0.15, -0.1) is 0 Å². The van der Waals surface area contributed by atoms with Crippen molar-refractivity contribution in [1.29, 1.82) is 5.26 Å². The van der Waals surface area contributed by atoms with Crippen molar-refractivity contribution in [2.24, 2.45) is 0 Å². The Hall–Kier alpha value is -3.55. The van der Waals surface area contributed by atoms with E-state index in [4.69, 9.17) is 16.3 Å². The zero-order valence-electron chi connectivity index (χ0n) is 16.8. The summed E-state index contributed by atoms with van der Waals surface area (Å²) >= 11 is 6.00. The number of hydrogen-bond acceptors (Lipinski definition) is 3. The molecule has 0 spiro atoms. The number of rotatable bonds is 6. The maximum absolute atomic E-state index is 12.5. The molecule has 0 aliphatic heterocycles. The lowest BCUT2D eigenvalue weighted by Gasteiger charge is -2.08. The summed E-state index contributed by atoms with van der Waals surface area (Å²) in [6.07, 6.45) is 1.54. The molecule has 0 aromatic heterocycles. The largest absolute Gasteiger partial charge is 0.489 e. The van der Waals surface area contributed by atoms with Crippen molar-refractivity contribution in [2.75, 3.05) is 5.32 Å². The van der Waals surface area contributed by atoms with Crippen molar-refractivity contribution >= 4 is 29.3 Å². The van der Waals surface area contributed by atoms with Crippen LogP contribution in [0.15, 0.2) is 72.3 Å². The third kappa shape index (κ3) is 5.73. The van der Waals surface area contributed by atoms with Gasteiger partial charge in [-0.25, -0.2) is 0 Å². The summed E-state index contributed by atoms with van der Waals surface area (Å²) in [5.74, 6) is 0.182. The maximum atomic E-state index is 12.5. The second-order valence-corrected chi connectivity index (χ2v) is 7.35. The van der Waals surface area contributed by atoms with E-state index < -0.39 is 5.91 Å². The van der Waals surface area contributed by atoms with Gasteiger partial charge in [-0.1, -0.05) is 41.9 Å². The normalized spacial score (nSPS) is 10.9. The Bertz CT molecular complexity index is 1150. The van der Waals surface area contributed by atoms with Gasteiger partial charge in [-0.2, -0.15) is 5.26 Å². The van der Waals surface area contributed by atoms with E-state index in [1.54, 1.807) is 12.1 Å². The molecule has 0 unspecified atom stereocenters. The lowest BCUT2D eigenvalue weighted by atomic mass is 10.1. The number of aryl methyl sites for hydroxylation is 2. The molecule has 5 heteroatoms. The van der Waals surface area contributed by atoms with Gasteiger partial charge in [-0.05, 0) is 78.6 Å². The zero-order valence-corrected chi connectivity index (χ0v) is 17.5. The number of benzene rings is 3. The molecule has 150 valence electrons. The minimum Gasteiger partial charge on any atom is -0.489 e. The minimum atomic E-state index is -0.453. The Morgan fingerprint density at radius 2 is 1.87 bits per heavy atom. The lowest BCUT2D eigenvalue weighted by Crippen LogP contribution is -2.13. The van der Waals surface area contributed by atoms with Crippen LogP contribution in [0.2, 0.25) is 5.02 Å². The van der Waals surface area contributed by atoms with Crippen molar-refractivity contribution in [1.82, 2.24) is 0 Å². The number of amides is 1. The highest BCUT2D eigenvalue weighted by molar-refractivity contribution is 6.30. The van der Waals surface area contributed by atoms with Gasteiger partial charge in [0.15, 0.2) is 0 Å². The Labute approximate surface area is 181 Å². The topological polar surface area (TPSA) is 62.1 Å². The van der Waals surface area contributed by atoms with E-state index in [9.17, 15) is 10.1 Å². The number of carbonyl (C=O) groups excluding carboxylic acids is 1. The van der Waals surface area contributed by atoms with Gasteiger partial charge in [0.25, 0.3) is 5.91 Å². The summed E-state index contributed by atoms with van der Waals surface area (Å²) in [5, 5.41) is 12.9. The fourth-order valence-corrected chi connectivity index (χ4v) is 3.03. The molecule has 0 heterocycles. The number of ether oxygens (including phenoxy) is 1. The summed E-state index contributed by atoms with van der Waals surface area (Å²) in [6, 6.07) is 22.3. The highest BCUT2D eigenvalue weighted by Crippen LogP contribution is 2.20. The summed E-state index contributed by atoms with van der Waals surface area (Å²) in [5.41, 5.74) is 4.53. The van der Waals surface area contributed by atoms with Gasteiger partial charge in [0.05, 0.1) is 0 Å². The summed E-state index contributed by atoms with van der Waals surface area (Å²) in [6.45, 7) is 4.34. The molecule has 0 bridgehead atoms. The fraction of sp³-hybridized carbons (Fsp3) is 0.120. The van der Waals surface area contributed by atoms with Crippen LogP contribution in [0.25, 0.3) is 6.08 Å². The summed E-state index contributed by atoms with van der Waals surface area (Å²) in [4.78, 5) is 12.5. The number of nitrogens with zero attached hydrogens (tertiary/aromatic N) is 1. The average Bonchev–Trinajstić information content (AvgIpc) is 2.73. The van der Waals surface area contributed by atoms with Crippen LogP contribution in [0, 0.1) is 25.2 Å². The first kappa shape index (κ1) is 21.2. The maximum Gasteiger partial charge on any atom is 0.266 e.